The van der Waals surface area contributed by atoms with Crippen LogP contribution < -0.4 is 5.32 Å². The van der Waals surface area contributed by atoms with Crippen LogP contribution in [0.2, 0.25) is 5.02 Å². The van der Waals surface area contributed by atoms with Gasteiger partial charge in [-0.1, -0.05) is 23.7 Å². The van der Waals surface area contributed by atoms with Gasteiger partial charge in [-0.05, 0) is 17.7 Å². The summed E-state index contributed by atoms with van der Waals surface area (Å²) in [5.41, 5.74) is 2.37. The molecule has 116 valence electrons. The third kappa shape index (κ3) is 2.44. The topological polar surface area (TPSA) is 40.1 Å². The molecule has 1 aromatic carbocycles. The molecule has 3 aliphatic heterocycles. The van der Waals surface area contributed by atoms with E-state index in [1.165, 1.54) is 11.3 Å². The Labute approximate surface area is 135 Å². The lowest BCUT2D eigenvalue weighted by molar-refractivity contribution is 0.0680. The van der Waals surface area contributed by atoms with Crippen molar-refractivity contribution < 1.29 is 4.74 Å². The molecule has 1 aromatic rings. The van der Waals surface area contributed by atoms with Gasteiger partial charge < -0.3 is 19.9 Å². The molecule has 6 heteroatoms. The zero-order chi connectivity index (χ0) is 14.9. The number of fused-ring (bicyclic) bond motifs is 1. The number of morpholine rings is 1. The lowest BCUT2D eigenvalue weighted by Gasteiger charge is -2.33. The summed E-state index contributed by atoms with van der Waals surface area (Å²) < 4.78 is 5.46. The Balaban J connectivity index is 1.68. The van der Waals surface area contributed by atoms with Gasteiger partial charge in [-0.2, -0.15) is 0 Å². The van der Waals surface area contributed by atoms with Gasteiger partial charge in [0.05, 0.1) is 18.9 Å². The summed E-state index contributed by atoms with van der Waals surface area (Å²) >= 11 is 6.01. The lowest BCUT2D eigenvalue weighted by atomic mass is 10.1. The highest BCUT2D eigenvalue weighted by molar-refractivity contribution is 6.30. The summed E-state index contributed by atoms with van der Waals surface area (Å²) in [6.45, 7) is 5.24. The average molecular weight is 319 g/mol. The van der Waals surface area contributed by atoms with Gasteiger partial charge in [0.2, 0.25) is 0 Å². The van der Waals surface area contributed by atoms with Crippen LogP contribution in [0.3, 0.4) is 0 Å². The smallest absolute Gasteiger partial charge is 0.151 e. The second-order valence-corrected chi connectivity index (χ2v) is 6.09. The van der Waals surface area contributed by atoms with E-state index >= 15 is 0 Å². The molecule has 3 heterocycles. The van der Waals surface area contributed by atoms with Crippen molar-refractivity contribution in [1.82, 2.24) is 15.1 Å². The van der Waals surface area contributed by atoms with E-state index in [9.17, 15) is 0 Å². The molecular formula is C16H19ClN4O. The van der Waals surface area contributed by atoms with Crippen molar-refractivity contribution in [1.29, 1.82) is 0 Å². The summed E-state index contributed by atoms with van der Waals surface area (Å²) in [5.74, 6) is 1.08. The molecule has 0 bridgehead atoms. The Morgan fingerprint density at radius 1 is 1.14 bits per heavy atom. The number of halogens is 1. The maximum Gasteiger partial charge on any atom is 0.151 e. The summed E-state index contributed by atoms with van der Waals surface area (Å²) in [7, 11) is 0. The highest BCUT2D eigenvalue weighted by atomic mass is 35.5. The molecular weight excluding hydrogens is 300 g/mol. The van der Waals surface area contributed by atoms with Crippen molar-refractivity contribution in [2.45, 2.75) is 6.17 Å². The quantitative estimate of drug-likeness (QED) is 0.857. The molecule has 0 aromatic heterocycles. The van der Waals surface area contributed by atoms with Gasteiger partial charge in [-0.3, -0.25) is 0 Å². The molecule has 1 atom stereocenters. The number of hydrogen-bond acceptors (Lipinski definition) is 5. The summed E-state index contributed by atoms with van der Waals surface area (Å²) in [6, 6.07) is 8.01. The number of benzene rings is 1. The van der Waals surface area contributed by atoms with Crippen LogP contribution in [-0.2, 0) is 4.74 Å². The molecule has 0 aliphatic carbocycles. The van der Waals surface area contributed by atoms with Gasteiger partial charge in [0, 0.05) is 37.4 Å². The molecule has 1 unspecified atom stereocenters. The molecule has 0 saturated carbocycles. The second-order valence-electron chi connectivity index (χ2n) is 5.65. The van der Waals surface area contributed by atoms with Gasteiger partial charge >= 0.3 is 0 Å². The van der Waals surface area contributed by atoms with Gasteiger partial charge in [-0.15, -0.1) is 0 Å². The van der Waals surface area contributed by atoms with E-state index in [0.717, 1.165) is 50.3 Å². The Bertz CT molecular complexity index is 607. The largest absolute Gasteiger partial charge is 0.387 e. The molecule has 22 heavy (non-hydrogen) atoms. The summed E-state index contributed by atoms with van der Waals surface area (Å²) in [5, 5.41) is 4.10. The summed E-state index contributed by atoms with van der Waals surface area (Å²) in [6.07, 6.45) is 2.14. The highest BCUT2D eigenvalue weighted by Crippen LogP contribution is 2.35. The molecule has 0 spiro atoms. The molecule has 1 N–H and O–H groups in total. The van der Waals surface area contributed by atoms with E-state index in [4.69, 9.17) is 21.3 Å². The molecule has 4 rings (SSSR count). The first-order valence-electron chi connectivity index (χ1n) is 7.69. The Morgan fingerprint density at radius 2 is 1.91 bits per heavy atom. The number of rotatable bonds is 1. The van der Waals surface area contributed by atoms with Crippen molar-refractivity contribution in [2.75, 3.05) is 39.4 Å². The van der Waals surface area contributed by atoms with Crippen molar-refractivity contribution in [3.8, 4) is 0 Å². The molecule has 5 nitrogen and oxygen atoms in total. The number of hydrogen-bond donors (Lipinski definition) is 1. The predicted molar refractivity (Wildman–Crippen MR) is 86.8 cm³/mol. The standard InChI is InChI=1S/C16H19ClN4O/c17-13-3-1-12(2-4-13)15-19-16(20-7-9-22-10-8-20)14-11-18-5-6-21(14)15/h1-4,11,15,18H,5-10H2. The van der Waals surface area contributed by atoms with Crippen LogP contribution >= 0.6 is 11.6 Å². The molecule has 3 aliphatic rings. The van der Waals surface area contributed by atoms with E-state index in [2.05, 4.69) is 33.4 Å². The molecule has 1 fully saturated rings. The minimum atomic E-state index is 0.0449. The third-order valence-electron chi connectivity index (χ3n) is 4.29. The number of nitrogens with zero attached hydrogens (tertiary/aromatic N) is 3. The van der Waals surface area contributed by atoms with E-state index in [0.29, 0.717) is 0 Å². The fourth-order valence-corrected chi connectivity index (χ4v) is 3.29. The molecule has 0 radical (unpaired) electrons. The first-order chi connectivity index (χ1) is 10.8. The number of nitrogens with one attached hydrogen (secondary N) is 1. The average Bonchev–Trinajstić information content (AvgIpc) is 2.96. The van der Waals surface area contributed by atoms with E-state index in [1.54, 1.807) is 0 Å². The highest BCUT2D eigenvalue weighted by Gasteiger charge is 2.36. The zero-order valence-electron chi connectivity index (χ0n) is 12.3. The van der Waals surface area contributed by atoms with Crippen molar-refractivity contribution in [3.05, 3.63) is 46.7 Å². The van der Waals surface area contributed by atoms with Crippen LogP contribution in [0.15, 0.2) is 41.2 Å². The Morgan fingerprint density at radius 3 is 2.68 bits per heavy atom. The monoisotopic (exact) mass is 318 g/mol. The first-order valence-corrected chi connectivity index (χ1v) is 8.07. The minimum absolute atomic E-state index is 0.0449. The summed E-state index contributed by atoms with van der Waals surface area (Å²) in [4.78, 5) is 9.71. The third-order valence-corrected chi connectivity index (χ3v) is 4.54. The van der Waals surface area contributed by atoms with Crippen molar-refractivity contribution in [3.63, 3.8) is 0 Å². The van der Waals surface area contributed by atoms with Gasteiger partial charge in [0.25, 0.3) is 0 Å². The first kappa shape index (κ1) is 13.9. The van der Waals surface area contributed by atoms with E-state index in [-0.39, 0.29) is 6.17 Å². The van der Waals surface area contributed by atoms with Crippen LogP contribution in [0.5, 0.6) is 0 Å². The minimum Gasteiger partial charge on any atom is -0.387 e. The van der Waals surface area contributed by atoms with Crippen molar-refractivity contribution in [2.24, 2.45) is 4.99 Å². The number of ether oxygens (including phenoxy) is 1. The Kier molecular flexibility index (Phi) is 3.68. The zero-order valence-corrected chi connectivity index (χ0v) is 13.1. The molecule has 1 saturated heterocycles. The SMILES string of the molecule is Clc1ccc(C2N=C(N3CCOCC3)C3=CNCCN32)cc1. The number of aliphatic imine (C=N–C) groups is 1. The van der Waals surface area contributed by atoms with Gasteiger partial charge in [-0.25, -0.2) is 4.99 Å². The predicted octanol–water partition coefficient (Wildman–Crippen LogP) is 1.83. The fourth-order valence-electron chi connectivity index (χ4n) is 3.16. The van der Waals surface area contributed by atoms with E-state index in [1.807, 2.05) is 12.1 Å². The van der Waals surface area contributed by atoms with Crippen LogP contribution in [0, 0.1) is 0 Å². The van der Waals surface area contributed by atoms with Crippen LogP contribution in [0.4, 0.5) is 0 Å². The van der Waals surface area contributed by atoms with Crippen LogP contribution in [0.25, 0.3) is 0 Å². The maximum absolute atomic E-state index is 6.01. The van der Waals surface area contributed by atoms with Gasteiger partial charge in [0.15, 0.2) is 5.84 Å². The van der Waals surface area contributed by atoms with E-state index < -0.39 is 0 Å². The lowest BCUT2D eigenvalue weighted by Crippen LogP contribution is -2.44. The molecule has 0 amide bonds. The fraction of sp³-hybridized carbons (Fsp3) is 0.438. The second kappa shape index (κ2) is 5.82. The maximum atomic E-state index is 6.01. The Hall–Kier alpha value is -1.72. The van der Waals surface area contributed by atoms with Gasteiger partial charge in [0.1, 0.15) is 6.17 Å². The normalized spacial score (nSPS) is 24.5. The number of amidine groups is 1. The van der Waals surface area contributed by atoms with Crippen molar-refractivity contribution >= 4 is 17.4 Å². The van der Waals surface area contributed by atoms with Crippen LogP contribution in [0.1, 0.15) is 11.7 Å². The van der Waals surface area contributed by atoms with Crippen LogP contribution in [-0.4, -0.2) is 55.0 Å².